The molecule has 16 heteroatoms. The molecule has 0 saturated carbocycles. The zero-order valence-electron chi connectivity index (χ0n) is 37.6. The Morgan fingerprint density at radius 3 is 2.02 bits per heavy atom. The van der Waals surface area contributed by atoms with Crippen LogP contribution in [0, 0.1) is 0 Å². The second-order valence-corrected chi connectivity index (χ2v) is 15.3. The molecule has 6 rings (SSSR count). The van der Waals surface area contributed by atoms with E-state index in [-0.39, 0.29) is 12.1 Å². The molecule has 16 nitrogen and oxygen atoms in total. The van der Waals surface area contributed by atoms with Gasteiger partial charge in [0, 0.05) is 75.6 Å². The summed E-state index contributed by atoms with van der Waals surface area (Å²) in [5, 5.41) is 26.2. The van der Waals surface area contributed by atoms with Crippen molar-refractivity contribution in [3.8, 4) is 29.0 Å². The van der Waals surface area contributed by atoms with E-state index in [4.69, 9.17) is 43.5 Å². The van der Waals surface area contributed by atoms with Gasteiger partial charge in [0.1, 0.15) is 35.2 Å². The lowest BCUT2D eigenvalue weighted by molar-refractivity contribution is 0.0749. The standard InChI is InChI=1S/C48H59N7O9/c1-8-12-38(23-26-63-32-33-13-10-9-11-14-33)64-47-50-46(54(30-35-17-21-39(59-4)27-42(35)61-6)31-36-18-22-40(60-5)28-43(36)62-7)45-49-29-41(55(45)51-47)44(56)34-15-19-37(20-16-34)52(2)24-25-53(3)48(57)58/h9-11,13-22,27-29,38,44,56H,8,12,23-26,30-32H2,1-7H3,(H,57,58). The molecule has 0 bridgehead atoms. The number of benzene rings is 4. The number of carboxylic acid groups (broad SMARTS) is 1. The lowest BCUT2D eigenvalue weighted by atomic mass is 10.1. The highest BCUT2D eigenvalue weighted by Gasteiger charge is 2.26. The van der Waals surface area contributed by atoms with E-state index < -0.39 is 12.2 Å². The third-order valence-electron chi connectivity index (χ3n) is 11.0. The first-order chi connectivity index (χ1) is 31.0. The summed E-state index contributed by atoms with van der Waals surface area (Å²) in [6, 6.07) is 28.9. The molecule has 6 aromatic rings. The second-order valence-electron chi connectivity index (χ2n) is 15.3. The van der Waals surface area contributed by atoms with Crippen LogP contribution in [0.4, 0.5) is 16.3 Å². The molecule has 340 valence electrons. The van der Waals surface area contributed by atoms with E-state index >= 15 is 0 Å². The number of aromatic nitrogens is 4. The molecule has 0 spiro atoms. The van der Waals surface area contributed by atoms with E-state index in [1.54, 1.807) is 39.2 Å². The highest BCUT2D eigenvalue weighted by Crippen LogP contribution is 2.34. The first-order valence-corrected chi connectivity index (χ1v) is 21.2. The van der Waals surface area contributed by atoms with Crippen molar-refractivity contribution in [2.24, 2.45) is 0 Å². The SMILES string of the molecule is CCCC(CCOCc1ccccc1)Oc1nc(N(Cc2ccc(OC)cc2OC)Cc2ccc(OC)cc2OC)c2ncc(C(O)c3ccc(N(C)CCN(C)C(=O)O)cc3)n2n1. The molecule has 0 saturated heterocycles. The van der Waals surface area contributed by atoms with Gasteiger partial charge in [-0.15, -0.1) is 5.10 Å². The zero-order valence-corrected chi connectivity index (χ0v) is 37.6. The van der Waals surface area contributed by atoms with Gasteiger partial charge in [-0.1, -0.05) is 55.8 Å². The Morgan fingerprint density at radius 2 is 1.44 bits per heavy atom. The summed E-state index contributed by atoms with van der Waals surface area (Å²) in [6.45, 7) is 4.49. The molecule has 2 unspecified atom stereocenters. The average Bonchev–Trinajstić information content (AvgIpc) is 3.75. The van der Waals surface area contributed by atoms with Gasteiger partial charge in [0.05, 0.1) is 53.5 Å². The number of rotatable bonds is 24. The van der Waals surface area contributed by atoms with Crippen LogP contribution < -0.4 is 33.5 Å². The maximum atomic E-state index is 12.0. The van der Waals surface area contributed by atoms with Gasteiger partial charge >= 0.3 is 12.1 Å². The van der Waals surface area contributed by atoms with Crippen LogP contribution >= 0.6 is 0 Å². The van der Waals surface area contributed by atoms with E-state index in [0.717, 1.165) is 35.2 Å². The van der Waals surface area contributed by atoms with Crippen LogP contribution in [0.3, 0.4) is 0 Å². The number of aliphatic hydroxyl groups excluding tert-OH is 1. The highest BCUT2D eigenvalue weighted by atomic mass is 16.5. The van der Waals surface area contributed by atoms with Crippen molar-refractivity contribution in [1.82, 2.24) is 24.5 Å². The van der Waals surface area contributed by atoms with Gasteiger partial charge in [0.2, 0.25) is 0 Å². The summed E-state index contributed by atoms with van der Waals surface area (Å²) in [4.78, 5) is 26.5. The van der Waals surface area contributed by atoms with E-state index in [9.17, 15) is 15.0 Å². The number of likely N-dealkylation sites (N-methyl/N-ethyl adjacent to an activating group) is 2. The van der Waals surface area contributed by atoms with Crippen LogP contribution in [-0.4, -0.2) is 109 Å². The van der Waals surface area contributed by atoms with Crippen molar-refractivity contribution in [2.75, 3.05) is 72.0 Å². The van der Waals surface area contributed by atoms with Crippen molar-refractivity contribution < 1.29 is 43.4 Å². The first kappa shape index (κ1) is 46.7. The summed E-state index contributed by atoms with van der Waals surface area (Å²) in [7, 11) is 9.88. The number of ether oxygens (including phenoxy) is 6. The molecule has 2 aromatic heterocycles. The number of methoxy groups -OCH3 is 4. The van der Waals surface area contributed by atoms with Gasteiger partial charge in [-0.25, -0.2) is 14.3 Å². The van der Waals surface area contributed by atoms with E-state index in [1.807, 2.05) is 108 Å². The minimum absolute atomic E-state index is 0.104. The molecule has 4 aromatic carbocycles. The first-order valence-electron chi connectivity index (χ1n) is 21.2. The summed E-state index contributed by atoms with van der Waals surface area (Å²) >= 11 is 0. The number of amides is 1. The van der Waals surface area contributed by atoms with Gasteiger partial charge in [-0.05, 0) is 53.9 Å². The molecule has 0 fully saturated rings. The average molecular weight is 878 g/mol. The van der Waals surface area contributed by atoms with Crippen molar-refractivity contribution in [2.45, 2.75) is 58.1 Å². The quantitative estimate of drug-likeness (QED) is 0.0570. The Hall–Kier alpha value is -6.78. The predicted octanol–water partition coefficient (Wildman–Crippen LogP) is 7.65. The van der Waals surface area contributed by atoms with E-state index in [2.05, 4.69) is 6.92 Å². The maximum absolute atomic E-state index is 12.0. The van der Waals surface area contributed by atoms with Crippen LogP contribution in [0.15, 0.2) is 97.2 Å². The molecule has 0 radical (unpaired) electrons. The number of hydrogen-bond donors (Lipinski definition) is 2. The normalized spacial score (nSPS) is 12.1. The topological polar surface area (TPSA) is 166 Å². The van der Waals surface area contributed by atoms with Gasteiger partial charge in [0.15, 0.2) is 11.5 Å². The van der Waals surface area contributed by atoms with Crippen LogP contribution in [0.25, 0.3) is 5.65 Å². The Bertz CT molecular complexity index is 2360. The third-order valence-corrected chi connectivity index (χ3v) is 11.0. The molecule has 64 heavy (non-hydrogen) atoms. The summed E-state index contributed by atoms with van der Waals surface area (Å²) in [5.74, 6) is 2.98. The molecule has 2 N–H and O–H groups in total. The Kier molecular flexibility index (Phi) is 16.4. The summed E-state index contributed by atoms with van der Waals surface area (Å²) < 4.78 is 37.1. The van der Waals surface area contributed by atoms with Gasteiger partial charge < -0.3 is 53.3 Å². The fourth-order valence-corrected chi connectivity index (χ4v) is 7.21. The minimum atomic E-state index is -1.14. The largest absolute Gasteiger partial charge is 0.497 e. The van der Waals surface area contributed by atoms with Gasteiger partial charge in [-0.2, -0.15) is 4.98 Å². The maximum Gasteiger partial charge on any atom is 0.407 e. The third kappa shape index (κ3) is 11.8. The fraction of sp³-hybridized carbons (Fsp3) is 0.375. The summed E-state index contributed by atoms with van der Waals surface area (Å²) in [6.07, 6.45) is 1.38. The Balaban J connectivity index is 1.41. The smallest absolute Gasteiger partial charge is 0.407 e. The lowest BCUT2D eigenvalue weighted by Crippen LogP contribution is -2.33. The lowest BCUT2D eigenvalue weighted by Gasteiger charge is -2.27. The molecule has 1 amide bonds. The number of fused-ring (bicyclic) bond motifs is 1. The molecule has 0 aliphatic carbocycles. The monoisotopic (exact) mass is 877 g/mol. The van der Waals surface area contributed by atoms with Crippen molar-refractivity contribution in [1.29, 1.82) is 0 Å². The van der Waals surface area contributed by atoms with Gasteiger partial charge in [-0.3, -0.25) is 0 Å². The minimum Gasteiger partial charge on any atom is -0.497 e. The predicted molar refractivity (Wildman–Crippen MR) is 244 cm³/mol. The zero-order chi connectivity index (χ0) is 45.6. The number of carbonyl (C=O) groups is 1. The fourth-order valence-electron chi connectivity index (χ4n) is 7.21. The number of hydrogen-bond acceptors (Lipinski definition) is 13. The molecule has 0 aliphatic rings. The molecular formula is C48H59N7O9. The number of aliphatic hydroxyl groups is 1. The van der Waals surface area contributed by atoms with Crippen LogP contribution in [0.2, 0.25) is 0 Å². The van der Waals surface area contributed by atoms with E-state index in [1.165, 1.54) is 11.9 Å². The summed E-state index contributed by atoms with van der Waals surface area (Å²) in [5.41, 5.74) is 5.04. The highest BCUT2D eigenvalue weighted by molar-refractivity contribution is 5.66. The van der Waals surface area contributed by atoms with E-state index in [0.29, 0.717) is 91.5 Å². The Labute approximate surface area is 374 Å². The molecule has 0 aliphatic heterocycles. The van der Waals surface area contributed by atoms with Crippen LogP contribution in [0.1, 0.15) is 60.2 Å². The number of imidazole rings is 1. The van der Waals surface area contributed by atoms with Gasteiger partial charge in [0.25, 0.3) is 0 Å². The molecule has 2 heterocycles. The van der Waals surface area contributed by atoms with Crippen LogP contribution in [-0.2, 0) is 24.4 Å². The van der Waals surface area contributed by atoms with Crippen molar-refractivity contribution in [3.63, 3.8) is 0 Å². The molecular weight excluding hydrogens is 819 g/mol. The Morgan fingerprint density at radius 1 is 0.797 bits per heavy atom. The van der Waals surface area contributed by atoms with Crippen molar-refractivity contribution >= 4 is 23.2 Å². The van der Waals surface area contributed by atoms with Crippen molar-refractivity contribution in [3.05, 3.63) is 125 Å². The number of nitrogens with zero attached hydrogens (tertiary/aromatic N) is 7. The molecule has 2 atom stereocenters. The second kappa shape index (κ2) is 22.5. The number of anilines is 2. The van der Waals surface area contributed by atoms with Crippen LogP contribution in [0.5, 0.6) is 29.0 Å².